The molecule has 1 fully saturated rings. The van der Waals surface area contributed by atoms with E-state index >= 15 is 0 Å². The van der Waals surface area contributed by atoms with E-state index in [9.17, 15) is 9.59 Å². The maximum atomic E-state index is 12.4. The fraction of sp³-hybridized carbons (Fsp3) is 0.688. The van der Waals surface area contributed by atoms with Gasteiger partial charge >= 0.3 is 0 Å². The number of nitrogens with one attached hydrogen (secondary N) is 1. The monoisotopic (exact) mass is 373 g/mol. The molecule has 0 radical (unpaired) electrons. The summed E-state index contributed by atoms with van der Waals surface area (Å²) in [6, 6.07) is -0.00518. The fourth-order valence-corrected chi connectivity index (χ4v) is 2.72. The SMILES string of the molecule is CC(N)CCC(=O)Nc1cnn(CC(=O)N2CC(C)OC(C)C2)c1.Cl. The van der Waals surface area contributed by atoms with E-state index in [0.717, 1.165) is 0 Å². The minimum atomic E-state index is -0.103. The van der Waals surface area contributed by atoms with E-state index < -0.39 is 0 Å². The van der Waals surface area contributed by atoms with E-state index in [0.29, 0.717) is 31.6 Å². The van der Waals surface area contributed by atoms with E-state index in [2.05, 4.69) is 10.4 Å². The Hall–Kier alpha value is -1.64. The van der Waals surface area contributed by atoms with E-state index in [4.69, 9.17) is 10.5 Å². The summed E-state index contributed by atoms with van der Waals surface area (Å²) >= 11 is 0. The second-order valence-corrected chi connectivity index (χ2v) is 6.55. The molecule has 1 saturated heterocycles. The Morgan fingerprint density at radius 2 is 2.04 bits per heavy atom. The van der Waals surface area contributed by atoms with Gasteiger partial charge in [-0.15, -0.1) is 12.4 Å². The number of hydrogen-bond acceptors (Lipinski definition) is 5. The summed E-state index contributed by atoms with van der Waals surface area (Å²) in [5, 5.41) is 6.90. The number of nitrogens with two attached hydrogens (primary N) is 1. The maximum Gasteiger partial charge on any atom is 0.244 e. The lowest BCUT2D eigenvalue weighted by molar-refractivity contribution is -0.144. The largest absolute Gasteiger partial charge is 0.372 e. The van der Waals surface area contributed by atoms with Crippen LogP contribution in [0.1, 0.15) is 33.6 Å². The number of carbonyl (C=O) groups is 2. The van der Waals surface area contributed by atoms with Crippen LogP contribution in [0.5, 0.6) is 0 Å². The van der Waals surface area contributed by atoms with Gasteiger partial charge in [0.2, 0.25) is 11.8 Å². The fourth-order valence-electron chi connectivity index (χ4n) is 2.72. The Morgan fingerprint density at radius 3 is 2.64 bits per heavy atom. The summed E-state index contributed by atoms with van der Waals surface area (Å²) in [6.45, 7) is 7.11. The summed E-state index contributed by atoms with van der Waals surface area (Å²) in [5.41, 5.74) is 6.22. The number of ether oxygens (including phenoxy) is 1. The number of amides is 2. The normalized spacial score (nSPS) is 21.4. The van der Waals surface area contributed by atoms with Crippen LogP contribution in [0.2, 0.25) is 0 Å². The Kier molecular flexibility index (Phi) is 8.34. The molecule has 1 aromatic heterocycles. The average molecular weight is 374 g/mol. The van der Waals surface area contributed by atoms with Crippen LogP contribution in [0.4, 0.5) is 5.69 Å². The van der Waals surface area contributed by atoms with Gasteiger partial charge in [0.25, 0.3) is 0 Å². The van der Waals surface area contributed by atoms with Crippen LogP contribution in [0.25, 0.3) is 0 Å². The second kappa shape index (κ2) is 9.74. The number of anilines is 1. The molecule has 142 valence electrons. The van der Waals surface area contributed by atoms with Gasteiger partial charge in [-0.25, -0.2) is 0 Å². The minimum Gasteiger partial charge on any atom is -0.372 e. The van der Waals surface area contributed by atoms with Gasteiger partial charge in [-0.2, -0.15) is 5.10 Å². The smallest absolute Gasteiger partial charge is 0.244 e. The molecule has 2 rings (SSSR count). The highest BCUT2D eigenvalue weighted by Gasteiger charge is 2.26. The van der Waals surface area contributed by atoms with Crippen LogP contribution in [-0.2, 0) is 20.9 Å². The lowest BCUT2D eigenvalue weighted by Gasteiger charge is -2.35. The zero-order chi connectivity index (χ0) is 17.7. The summed E-state index contributed by atoms with van der Waals surface area (Å²) in [7, 11) is 0. The summed E-state index contributed by atoms with van der Waals surface area (Å²) in [4.78, 5) is 25.9. The van der Waals surface area contributed by atoms with E-state index in [1.54, 1.807) is 17.3 Å². The molecule has 1 aromatic rings. The average Bonchev–Trinajstić information content (AvgIpc) is 2.91. The molecule has 8 nitrogen and oxygen atoms in total. The first-order chi connectivity index (χ1) is 11.3. The minimum absolute atomic E-state index is 0. The van der Waals surface area contributed by atoms with E-state index in [-0.39, 0.29) is 49.0 Å². The van der Waals surface area contributed by atoms with Crippen LogP contribution < -0.4 is 11.1 Å². The zero-order valence-electron chi connectivity index (χ0n) is 15.0. The first-order valence-corrected chi connectivity index (χ1v) is 8.34. The molecule has 3 unspecified atom stereocenters. The van der Waals surface area contributed by atoms with Gasteiger partial charge < -0.3 is 20.7 Å². The van der Waals surface area contributed by atoms with Crippen LogP contribution in [0, 0.1) is 0 Å². The highest BCUT2D eigenvalue weighted by atomic mass is 35.5. The van der Waals surface area contributed by atoms with Crippen molar-refractivity contribution in [3.05, 3.63) is 12.4 Å². The van der Waals surface area contributed by atoms with E-state index in [1.807, 2.05) is 20.8 Å². The molecular formula is C16H28ClN5O3. The highest BCUT2D eigenvalue weighted by Crippen LogP contribution is 2.12. The molecule has 0 bridgehead atoms. The quantitative estimate of drug-likeness (QED) is 0.774. The van der Waals surface area contributed by atoms with Crippen molar-refractivity contribution in [3.63, 3.8) is 0 Å². The first kappa shape index (κ1) is 21.4. The zero-order valence-corrected chi connectivity index (χ0v) is 15.8. The topological polar surface area (TPSA) is 102 Å². The number of morpholine rings is 1. The molecular weight excluding hydrogens is 346 g/mol. The van der Waals surface area contributed by atoms with Crippen molar-refractivity contribution < 1.29 is 14.3 Å². The number of rotatable bonds is 6. The van der Waals surface area contributed by atoms with Crippen molar-refractivity contribution in [3.8, 4) is 0 Å². The van der Waals surface area contributed by atoms with Gasteiger partial charge in [-0.05, 0) is 27.2 Å². The molecule has 0 spiro atoms. The number of hydrogen-bond donors (Lipinski definition) is 2. The van der Waals surface area contributed by atoms with Crippen LogP contribution >= 0.6 is 12.4 Å². The second-order valence-electron chi connectivity index (χ2n) is 6.55. The van der Waals surface area contributed by atoms with Crippen LogP contribution in [0.15, 0.2) is 12.4 Å². The summed E-state index contributed by atoms with van der Waals surface area (Å²) < 4.78 is 7.17. The third kappa shape index (κ3) is 7.01. The Morgan fingerprint density at radius 1 is 1.40 bits per heavy atom. The molecule has 3 N–H and O–H groups in total. The summed E-state index contributed by atoms with van der Waals surface area (Å²) in [6.07, 6.45) is 4.28. The number of halogens is 1. The first-order valence-electron chi connectivity index (χ1n) is 8.34. The maximum absolute atomic E-state index is 12.4. The standard InChI is InChI=1S/C16H27N5O3.ClH/c1-11(17)4-5-15(22)19-14-6-18-21(9-14)10-16(23)20-7-12(2)24-13(3)8-20;/h6,9,11-13H,4-5,7-8,10,17H2,1-3H3,(H,19,22);1H. The number of carbonyl (C=O) groups excluding carboxylic acids is 2. The lowest BCUT2D eigenvalue weighted by atomic mass is 10.2. The Labute approximate surface area is 154 Å². The van der Waals surface area contributed by atoms with Crippen LogP contribution in [0.3, 0.4) is 0 Å². The van der Waals surface area contributed by atoms with Crippen molar-refractivity contribution in [1.29, 1.82) is 0 Å². The van der Waals surface area contributed by atoms with Crippen molar-refractivity contribution in [2.45, 2.75) is 58.4 Å². The van der Waals surface area contributed by atoms with Crippen molar-refractivity contribution in [2.24, 2.45) is 5.73 Å². The third-order valence-electron chi connectivity index (χ3n) is 3.81. The van der Waals surface area contributed by atoms with Crippen LogP contribution in [-0.4, -0.2) is 57.8 Å². The Balaban J connectivity index is 0.00000312. The van der Waals surface area contributed by atoms with Gasteiger partial charge in [0.05, 0.1) is 24.1 Å². The van der Waals surface area contributed by atoms with Gasteiger partial charge in [0.1, 0.15) is 6.54 Å². The highest BCUT2D eigenvalue weighted by molar-refractivity contribution is 5.90. The van der Waals surface area contributed by atoms with Crippen molar-refractivity contribution in [1.82, 2.24) is 14.7 Å². The summed E-state index contributed by atoms with van der Waals surface area (Å²) in [5.74, 6) is -0.107. The number of aromatic nitrogens is 2. The van der Waals surface area contributed by atoms with Gasteiger partial charge in [-0.3, -0.25) is 14.3 Å². The third-order valence-corrected chi connectivity index (χ3v) is 3.81. The molecule has 3 atom stereocenters. The molecule has 25 heavy (non-hydrogen) atoms. The number of nitrogens with zero attached hydrogens (tertiary/aromatic N) is 3. The van der Waals surface area contributed by atoms with Gasteiger partial charge in [0, 0.05) is 31.7 Å². The molecule has 1 aliphatic heterocycles. The predicted molar refractivity (Wildman–Crippen MR) is 97.6 cm³/mol. The van der Waals surface area contributed by atoms with Gasteiger partial charge in [-0.1, -0.05) is 0 Å². The predicted octanol–water partition coefficient (Wildman–Crippen LogP) is 1.01. The molecule has 1 aliphatic rings. The molecule has 2 heterocycles. The van der Waals surface area contributed by atoms with Gasteiger partial charge in [0.15, 0.2) is 0 Å². The van der Waals surface area contributed by atoms with Crippen molar-refractivity contribution in [2.75, 3.05) is 18.4 Å². The molecule has 0 aliphatic carbocycles. The molecule has 0 saturated carbocycles. The lowest BCUT2D eigenvalue weighted by Crippen LogP contribution is -2.49. The van der Waals surface area contributed by atoms with Crippen molar-refractivity contribution >= 4 is 29.9 Å². The molecule has 2 amide bonds. The molecule has 9 heteroatoms. The Bertz CT molecular complexity index is 568. The van der Waals surface area contributed by atoms with E-state index in [1.165, 1.54) is 4.68 Å². The molecule has 0 aromatic carbocycles.